The third-order valence-corrected chi connectivity index (χ3v) is 4.23. The lowest BCUT2D eigenvalue weighted by atomic mass is 9.92. The average Bonchev–Trinajstić information content (AvgIpc) is 2.41. The molecule has 0 aromatic heterocycles. The lowest BCUT2D eigenvalue weighted by molar-refractivity contribution is 0.117. The summed E-state index contributed by atoms with van der Waals surface area (Å²) < 4.78 is 6.32. The summed E-state index contributed by atoms with van der Waals surface area (Å²) in [5.41, 5.74) is 2.60. The maximum absolute atomic E-state index is 6.32. The van der Waals surface area contributed by atoms with Gasteiger partial charge >= 0.3 is 0 Å². The SMILES string of the molecule is CNC1CCCCC1Oc1cc(C(C)C)ccc1C. The molecule has 0 saturated heterocycles. The van der Waals surface area contributed by atoms with Gasteiger partial charge in [0.25, 0.3) is 0 Å². The van der Waals surface area contributed by atoms with Crippen LogP contribution in [0.15, 0.2) is 18.2 Å². The number of benzene rings is 1. The summed E-state index contributed by atoms with van der Waals surface area (Å²) >= 11 is 0. The number of aryl methyl sites for hydroxylation is 1. The number of nitrogens with one attached hydrogen (secondary N) is 1. The Hall–Kier alpha value is -1.02. The molecular formula is C17H27NO. The zero-order chi connectivity index (χ0) is 13.8. The third kappa shape index (κ3) is 3.50. The third-order valence-electron chi connectivity index (χ3n) is 4.23. The first-order valence-electron chi connectivity index (χ1n) is 7.56. The molecule has 2 atom stereocenters. The standard InChI is InChI=1S/C17H27NO/c1-12(2)14-10-9-13(3)17(11-14)19-16-8-6-5-7-15(16)18-4/h9-12,15-16,18H,5-8H2,1-4H3. The molecule has 1 aliphatic rings. The smallest absolute Gasteiger partial charge is 0.122 e. The highest BCUT2D eigenvalue weighted by Crippen LogP contribution is 2.28. The first-order valence-corrected chi connectivity index (χ1v) is 7.56. The van der Waals surface area contributed by atoms with E-state index in [4.69, 9.17) is 4.74 Å². The second kappa shape index (κ2) is 6.42. The predicted molar refractivity (Wildman–Crippen MR) is 81.0 cm³/mol. The zero-order valence-electron chi connectivity index (χ0n) is 12.7. The molecule has 1 saturated carbocycles. The van der Waals surface area contributed by atoms with E-state index >= 15 is 0 Å². The Morgan fingerprint density at radius 2 is 1.95 bits per heavy atom. The van der Waals surface area contributed by atoms with E-state index in [1.807, 2.05) is 7.05 Å². The van der Waals surface area contributed by atoms with Gasteiger partial charge in [0.15, 0.2) is 0 Å². The molecule has 1 aromatic rings. The van der Waals surface area contributed by atoms with E-state index < -0.39 is 0 Å². The van der Waals surface area contributed by atoms with E-state index in [-0.39, 0.29) is 0 Å². The molecular weight excluding hydrogens is 234 g/mol. The van der Waals surface area contributed by atoms with Crippen molar-refractivity contribution < 1.29 is 4.74 Å². The molecule has 2 unspecified atom stereocenters. The fourth-order valence-corrected chi connectivity index (χ4v) is 2.83. The maximum atomic E-state index is 6.32. The summed E-state index contributed by atoms with van der Waals surface area (Å²) in [4.78, 5) is 0. The summed E-state index contributed by atoms with van der Waals surface area (Å²) in [5, 5.41) is 3.41. The van der Waals surface area contributed by atoms with Crippen LogP contribution >= 0.6 is 0 Å². The Labute approximate surface area is 117 Å². The van der Waals surface area contributed by atoms with Crippen LogP contribution in [0.4, 0.5) is 0 Å². The van der Waals surface area contributed by atoms with Gasteiger partial charge in [-0.05, 0) is 56.3 Å². The zero-order valence-corrected chi connectivity index (χ0v) is 12.7. The first kappa shape index (κ1) is 14.4. The van der Waals surface area contributed by atoms with Crippen LogP contribution in [-0.4, -0.2) is 19.2 Å². The van der Waals surface area contributed by atoms with E-state index in [1.165, 1.54) is 30.4 Å². The van der Waals surface area contributed by atoms with Crippen molar-refractivity contribution in [1.82, 2.24) is 5.32 Å². The highest BCUT2D eigenvalue weighted by molar-refractivity contribution is 5.38. The van der Waals surface area contributed by atoms with Crippen molar-refractivity contribution in [2.45, 2.75) is 64.5 Å². The minimum atomic E-state index is 0.319. The minimum Gasteiger partial charge on any atom is -0.489 e. The molecule has 1 aromatic carbocycles. The molecule has 0 heterocycles. The van der Waals surface area contributed by atoms with Crippen molar-refractivity contribution in [3.8, 4) is 5.75 Å². The normalized spacial score (nSPS) is 23.6. The Balaban J connectivity index is 2.14. The van der Waals surface area contributed by atoms with Crippen LogP contribution in [-0.2, 0) is 0 Å². The molecule has 0 amide bonds. The lowest BCUT2D eigenvalue weighted by Crippen LogP contribution is -2.43. The Bertz CT molecular complexity index is 414. The maximum Gasteiger partial charge on any atom is 0.122 e. The molecule has 0 bridgehead atoms. The second-order valence-corrected chi connectivity index (χ2v) is 6.02. The number of hydrogen-bond acceptors (Lipinski definition) is 2. The molecule has 2 heteroatoms. The predicted octanol–water partition coefficient (Wildman–Crippen LogP) is 4.03. The lowest BCUT2D eigenvalue weighted by Gasteiger charge is -2.32. The highest BCUT2D eigenvalue weighted by Gasteiger charge is 2.25. The van der Waals surface area contributed by atoms with Crippen molar-refractivity contribution in [2.24, 2.45) is 0 Å². The van der Waals surface area contributed by atoms with Gasteiger partial charge in [0.05, 0.1) is 0 Å². The minimum absolute atomic E-state index is 0.319. The number of hydrogen-bond donors (Lipinski definition) is 1. The number of rotatable bonds is 4. The van der Waals surface area contributed by atoms with Gasteiger partial charge in [0, 0.05) is 6.04 Å². The van der Waals surface area contributed by atoms with Crippen LogP contribution in [0.3, 0.4) is 0 Å². The largest absolute Gasteiger partial charge is 0.489 e. The Morgan fingerprint density at radius 1 is 1.21 bits per heavy atom. The molecule has 106 valence electrons. The molecule has 1 N–H and O–H groups in total. The first-order chi connectivity index (χ1) is 9.11. The fraction of sp³-hybridized carbons (Fsp3) is 0.647. The molecule has 2 nitrogen and oxygen atoms in total. The second-order valence-electron chi connectivity index (χ2n) is 6.02. The monoisotopic (exact) mass is 261 g/mol. The topological polar surface area (TPSA) is 21.3 Å². The van der Waals surface area contributed by atoms with E-state index in [9.17, 15) is 0 Å². The molecule has 2 rings (SSSR count). The van der Waals surface area contributed by atoms with Crippen molar-refractivity contribution in [2.75, 3.05) is 7.05 Å². The van der Waals surface area contributed by atoms with Gasteiger partial charge in [0.1, 0.15) is 11.9 Å². The van der Waals surface area contributed by atoms with Gasteiger partial charge in [-0.2, -0.15) is 0 Å². The summed E-state index contributed by atoms with van der Waals surface area (Å²) in [6, 6.07) is 7.11. The van der Waals surface area contributed by atoms with Gasteiger partial charge in [-0.15, -0.1) is 0 Å². The van der Waals surface area contributed by atoms with Gasteiger partial charge in [-0.1, -0.05) is 32.4 Å². The van der Waals surface area contributed by atoms with Gasteiger partial charge in [-0.3, -0.25) is 0 Å². The van der Waals surface area contributed by atoms with Crippen LogP contribution < -0.4 is 10.1 Å². The van der Waals surface area contributed by atoms with Crippen LogP contribution in [0.25, 0.3) is 0 Å². The van der Waals surface area contributed by atoms with Crippen LogP contribution in [0.2, 0.25) is 0 Å². The van der Waals surface area contributed by atoms with Gasteiger partial charge < -0.3 is 10.1 Å². The Kier molecular flexibility index (Phi) is 4.87. The number of likely N-dealkylation sites (N-methyl/N-ethyl adjacent to an activating group) is 1. The quantitative estimate of drug-likeness (QED) is 0.883. The van der Waals surface area contributed by atoms with E-state index in [2.05, 4.69) is 44.3 Å². The van der Waals surface area contributed by atoms with E-state index in [0.29, 0.717) is 18.1 Å². The molecule has 1 aliphatic carbocycles. The van der Waals surface area contributed by atoms with Gasteiger partial charge in [0.2, 0.25) is 0 Å². The fourth-order valence-electron chi connectivity index (χ4n) is 2.83. The summed E-state index contributed by atoms with van der Waals surface area (Å²) in [7, 11) is 2.05. The van der Waals surface area contributed by atoms with E-state index in [0.717, 1.165) is 12.2 Å². The van der Waals surface area contributed by atoms with Crippen LogP contribution in [0, 0.1) is 6.92 Å². The molecule has 0 radical (unpaired) electrons. The van der Waals surface area contributed by atoms with Crippen molar-refractivity contribution >= 4 is 0 Å². The van der Waals surface area contributed by atoms with Crippen LogP contribution in [0.5, 0.6) is 5.75 Å². The van der Waals surface area contributed by atoms with E-state index in [1.54, 1.807) is 0 Å². The Morgan fingerprint density at radius 3 is 2.63 bits per heavy atom. The number of ether oxygens (including phenoxy) is 1. The summed E-state index contributed by atoms with van der Waals surface area (Å²) in [5.74, 6) is 1.62. The summed E-state index contributed by atoms with van der Waals surface area (Å²) in [6.45, 7) is 6.59. The van der Waals surface area contributed by atoms with Gasteiger partial charge in [-0.25, -0.2) is 0 Å². The summed E-state index contributed by atoms with van der Waals surface area (Å²) in [6.07, 6.45) is 5.31. The van der Waals surface area contributed by atoms with Crippen molar-refractivity contribution in [3.63, 3.8) is 0 Å². The molecule has 1 fully saturated rings. The molecule has 19 heavy (non-hydrogen) atoms. The van der Waals surface area contributed by atoms with Crippen molar-refractivity contribution in [1.29, 1.82) is 0 Å². The highest BCUT2D eigenvalue weighted by atomic mass is 16.5. The molecule has 0 aliphatic heterocycles. The van der Waals surface area contributed by atoms with Crippen molar-refractivity contribution in [3.05, 3.63) is 29.3 Å². The average molecular weight is 261 g/mol. The molecule has 0 spiro atoms. The van der Waals surface area contributed by atoms with Crippen LogP contribution in [0.1, 0.15) is 56.6 Å².